The van der Waals surface area contributed by atoms with Crippen molar-refractivity contribution in [1.82, 2.24) is 0 Å². The van der Waals surface area contributed by atoms with Crippen LogP contribution >= 0.6 is 0 Å². The predicted molar refractivity (Wildman–Crippen MR) is 73.1 cm³/mol. The Morgan fingerprint density at radius 3 is 1.67 bits per heavy atom. The van der Waals surface area contributed by atoms with E-state index < -0.39 is 17.9 Å². The summed E-state index contributed by atoms with van der Waals surface area (Å²) < 4.78 is 0. The summed E-state index contributed by atoms with van der Waals surface area (Å²) in [7, 11) is 0. The minimum Gasteiger partial charge on any atom is -0.504 e. The molecule has 8 nitrogen and oxygen atoms in total. The second kappa shape index (κ2) is 10.9. The maximum atomic E-state index is 10.1. The summed E-state index contributed by atoms with van der Waals surface area (Å²) >= 11 is 0. The number of rotatable bonds is 2. The molecule has 8 heteroatoms. The fourth-order valence-electron chi connectivity index (χ4n) is 0.812. The first-order valence-corrected chi connectivity index (χ1v) is 5.38. The van der Waals surface area contributed by atoms with Crippen LogP contribution in [0.4, 0.5) is 0 Å². The Labute approximate surface area is 120 Å². The molecule has 0 spiro atoms. The maximum Gasteiger partial charge on any atom is 0.328 e. The van der Waals surface area contributed by atoms with Crippen molar-refractivity contribution in [2.24, 2.45) is 0 Å². The number of aliphatic carboxylic acids is 3. The normalized spacial score (nSPS) is 8.86. The summed E-state index contributed by atoms with van der Waals surface area (Å²) in [6, 6.07) is 4.06. The average Bonchev–Trinajstić information content (AvgIpc) is 2.29. The van der Waals surface area contributed by atoms with Gasteiger partial charge in [-0.15, -0.1) is 0 Å². The van der Waals surface area contributed by atoms with Crippen molar-refractivity contribution in [3.05, 3.63) is 29.8 Å². The van der Waals surface area contributed by atoms with Crippen LogP contribution < -0.4 is 0 Å². The molecule has 1 rings (SSSR count). The van der Waals surface area contributed by atoms with E-state index in [0.29, 0.717) is 5.56 Å². The quantitative estimate of drug-likeness (QED) is 0.405. The van der Waals surface area contributed by atoms with Crippen molar-refractivity contribution >= 4 is 24.0 Å². The van der Waals surface area contributed by atoms with Gasteiger partial charge in [0, 0.05) is 19.9 Å². The fraction of sp³-hybridized carbons (Fsp3) is 0.154. The Kier molecular flexibility index (Phi) is 10.5. The third-order valence-electron chi connectivity index (χ3n) is 1.42. The van der Waals surface area contributed by atoms with Gasteiger partial charge in [0.1, 0.15) is 0 Å². The molecule has 0 aliphatic rings. The molecule has 0 saturated carbocycles. The van der Waals surface area contributed by atoms with Gasteiger partial charge < -0.3 is 25.5 Å². The third kappa shape index (κ3) is 17.0. The molecule has 0 aromatic heterocycles. The van der Waals surface area contributed by atoms with Crippen LogP contribution in [-0.4, -0.2) is 43.4 Å². The highest BCUT2D eigenvalue weighted by Crippen LogP contribution is 2.25. The van der Waals surface area contributed by atoms with Crippen molar-refractivity contribution in [2.75, 3.05) is 0 Å². The van der Waals surface area contributed by atoms with E-state index in [0.717, 1.165) is 19.9 Å². The average molecular weight is 300 g/mol. The van der Waals surface area contributed by atoms with Crippen molar-refractivity contribution in [2.45, 2.75) is 13.8 Å². The summed E-state index contributed by atoms with van der Waals surface area (Å²) in [6.07, 6.45) is 2.27. The third-order valence-corrected chi connectivity index (χ3v) is 1.42. The monoisotopic (exact) mass is 300 g/mol. The molecule has 0 atom stereocenters. The van der Waals surface area contributed by atoms with E-state index in [1.54, 1.807) is 0 Å². The number of phenolic OH excluding ortho intramolecular Hbond substituents is 2. The Morgan fingerprint density at radius 1 is 0.905 bits per heavy atom. The Morgan fingerprint density at radius 2 is 1.33 bits per heavy atom. The van der Waals surface area contributed by atoms with Gasteiger partial charge in [0.05, 0.1) is 0 Å². The zero-order valence-electron chi connectivity index (χ0n) is 11.3. The number of hydrogen-bond acceptors (Lipinski definition) is 5. The van der Waals surface area contributed by atoms with Crippen LogP contribution in [0.2, 0.25) is 0 Å². The van der Waals surface area contributed by atoms with Crippen LogP contribution in [0.5, 0.6) is 11.5 Å². The fourth-order valence-corrected chi connectivity index (χ4v) is 0.812. The van der Waals surface area contributed by atoms with Gasteiger partial charge in [-0.05, 0) is 23.8 Å². The van der Waals surface area contributed by atoms with Crippen molar-refractivity contribution in [3.8, 4) is 11.5 Å². The molecule has 21 heavy (non-hydrogen) atoms. The SMILES string of the molecule is CC(=O)O.CC(=O)O.O=C(O)C=Cc1ccc(O)c(O)c1. The molecule has 0 amide bonds. The molecule has 0 aliphatic carbocycles. The molecule has 0 saturated heterocycles. The molecular formula is C13H16O8. The number of carboxylic acids is 3. The number of carbonyl (C=O) groups is 3. The number of benzene rings is 1. The minimum atomic E-state index is -1.06. The lowest BCUT2D eigenvalue weighted by molar-refractivity contribution is -0.135. The molecule has 0 aliphatic heterocycles. The lowest BCUT2D eigenvalue weighted by Crippen LogP contribution is -1.85. The van der Waals surface area contributed by atoms with Gasteiger partial charge in [0.25, 0.3) is 11.9 Å². The van der Waals surface area contributed by atoms with E-state index in [4.69, 9.17) is 35.1 Å². The van der Waals surface area contributed by atoms with Crippen molar-refractivity contribution < 1.29 is 39.9 Å². The number of carboxylic acid groups (broad SMARTS) is 3. The van der Waals surface area contributed by atoms with Gasteiger partial charge in [0.2, 0.25) is 0 Å². The highest BCUT2D eigenvalue weighted by Gasteiger charge is 1.97. The van der Waals surface area contributed by atoms with Crippen molar-refractivity contribution in [1.29, 1.82) is 0 Å². The summed E-state index contributed by atoms with van der Waals surface area (Å²) in [5.74, 6) is -3.23. The molecule has 0 heterocycles. The van der Waals surface area contributed by atoms with E-state index in [2.05, 4.69) is 0 Å². The number of phenols is 2. The lowest BCUT2D eigenvalue weighted by Gasteiger charge is -1.97. The molecule has 0 radical (unpaired) electrons. The van der Waals surface area contributed by atoms with E-state index >= 15 is 0 Å². The molecule has 0 bridgehead atoms. The van der Waals surface area contributed by atoms with Gasteiger partial charge >= 0.3 is 5.97 Å². The van der Waals surface area contributed by atoms with Crippen molar-refractivity contribution in [3.63, 3.8) is 0 Å². The Balaban J connectivity index is 0. The van der Waals surface area contributed by atoms with Gasteiger partial charge in [-0.1, -0.05) is 6.07 Å². The van der Waals surface area contributed by atoms with Gasteiger partial charge in [-0.3, -0.25) is 9.59 Å². The number of aromatic hydroxyl groups is 2. The van der Waals surface area contributed by atoms with E-state index in [1.165, 1.54) is 24.3 Å². The minimum absolute atomic E-state index is 0.229. The second-order valence-corrected chi connectivity index (χ2v) is 3.46. The highest BCUT2D eigenvalue weighted by atomic mass is 16.4. The first-order valence-electron chi connectivity index (χ1n) is 5.38. The molecule has 0 unspecified atom stereocenters. The summed E-state index contributed by atoms with van der Waals surface area (Å²) in [5.41, 5.74) is 0.512. The van der Waals surface area contributed by atoms with Crippen LogP contribution in [-0.2, 0) is 14.4 Å². The second-order valence-electron chi connectivity index (χ2n) is 3.46. The number of hydrogen-bond donors (Lipinski definition) is 5. The topological polar surface area (TPSA) is 152 Å². The highest BCUT2D eigenvalue weighted by molar-refractivity contribution is 5.85. The first-order chi connectivity index (χ1) is 9.56. The Hall–Kier alpha value is -3.03. The predicted octanol–water partition coefficient (Wildman–Crippen LogP) is 1.38. The molecular weight excluding hydrogens is 284 g/mol. The largest absolute Gasteiger partial charge is 0.504 e. The van der Waals surface area contributed by atoms with E-state index in [9.17, 15) is 4.79 Å². The summed E-state index contributed by atoms with van der Waals surface area (Å²) in [4.78, 5) is 28.1. The van der Waals surface area contributed by atoms with Crippen LogP contribution in [0.25, 0.3) is 6.08 Å². The van der Waals surface area contributed by atoms with Crippen LogP contribution in [0.15, 0.2) is 24.3 Å². The van der Waals surface area contributed by atoms with E-state index in [-0.39, 0.29) is 11.5 Å². The van der Waals surface area contributed by atoms with Gasteiger partial charge in [-0.2, -0.15) is 0 Å². The zero-order chi connectivity index (χ0) is 17.0. The molecule has 1 aromatic carbocycles. The summed E-state index contributed by atoms with van der Waals surface area (Å²) in [6.45, 7) is 2.17. The molecule has 1 aromatic rings. The standard InChI is InChI=1S/C9H8O4.2C2H4O2/c10-7-3-1-6(5-8(7)11)2-4-9(12)13;2*1-2(3)4/h1-5,10-11H,(H,12,13);2*1H3,(H,3,4). The summed E-state index contributed by atoms with van der Waals surface area (Å²) in [5, 5.41) is 41.1. The Bertz CT molecular complexity index is 499. The lowest BCUT2D eigenvalue weighted by atomic mass is 10.2. The van der Waals surface area contributed by atoms with Crippen LogP contribution in [0, 0.1) is 0 Å². The first kappa shape index (κ1) is 20.3. The van der Waals surface area contributed by atoms with Crippen LogP contribution in [0.1, 0.15) is 19.4 Å². The van der Waals surface area contributed by atoms with Gasteiger partial charge in [-0.25, -0.2) is 4.79 Å². The van der Waals surface area contributed by atoms with Crippen LogP contribution in [0.3, 0.4) is 0 Å². The van der Waals surface area contributed by atoms with Gasteiger partial charge in [0.15, 0.2) is 11.5 Å². The zero-order valence-corrected chi connectivity index (χ0v) is 11.3. The molecule has 5 N–H and O–H groups in total. The molecule has 116 valence electrons. The smallest absolute Gasteiger partial charge is 0.328 e. The maximum absolute atomic E-state index is 10.1. The molecule has 0 fully saturated rings. The van der Waals surface area contributed by atoms with E-state index in [1.807, 2.05) is 0 Å².